The third-order valence-electron chi connectivity index (χ3n) is 1.95. The van der Waals surface area contributed by atoms with Crippen LogP contribution < -0.4 is 5.32 Å². The summed E-state index contributed by atoms with van der Waals surface area (Å²) in [7, 11) is 0. The Morgan fingerprint density at radius 2 is 2.35 bits per heavy atom. The maximum Gasteiger partial charge on any atom is 0.408 e. The minimum atomic E-state index is -0.566. The second-order valence-electron chi connectivity index (χ2n) is 4.61. The van der Waals surface area contributed by atoms with Gasteiger partial charge < -0.3 is 14.8 Å². The summed E-state index contributed by atoms with van der Waals surface area (Å²) in [6.07, 6.45) is 2.48. The number of azide groups is 1. The van der Waals surface area contributed by atoms with Gasteiger partial charge in [-0.25, -0.2) is 4.79 Å². The molecule has 1 heterocycles. The molecule has 0 saturated carbocycles. The van der Waals surface area contributed by atoms with E-state index in [4.69, 9.17) is 15.0 Å². The van der Waals surface area contributed by atoms with Crippen LogP contribution in [0.2, 0.25) is 0 Å². The van der Waals surface area contributed by atoms with Gasteiger partial charge in [-0.2, -0.15) is 0 Å². The highest BCUT2D eigenvalue weighted by atomic mass is 16.6. The Balaban J connectivity index is 2.57. The molecule has 1 aliphatic heterocycles. The quantitative estimate of drug-likeness (QED) is 0.454. The van der Waals surface area contributed by atoms with Gasteiger partial charge in [0.15, 0.2) is 0 Å². The van der Waals surface area contributed by atoms with Crippen LogP contribution in [0.25, 0.3) is 10.4 Å². The van der Waals surface area contributed by atoms with Gasteiger partial charge in [0.25, 0.3) is 0 Å². The van der Waals surface area contributed by atoms with E-state index in [1.54, 1.807) is 26.8 Å². The van der Waals surface area contributed by atoms with Gasteiger partial charge in [-0.15, -0.1) is 0 Å². The van der Waals surface area contributed by atoms with Crippen LogP contribution in [-0.4, -0.2) is 30.4 Å². The number of carbonyl (C=O) groups is 1. The average molecular weight is 240 g/mol. The van der Waals surface area contributed by atoms with E-state index in [0.29, 0.717) is 0 Å². The number of nitrogens with one attached hydrogen (secondary N) is 1. The summed E-state index contributed by atoms with van der Waals surface area (Å²) >= 11 is 0. The van der Waals surface area contributed by atoms with Crippen LogP contribution in [0, 0.1) is 0 Å². The summed E-state index contributed by atoms with van der Waals surface area (Å²) in [6, 6.07) is -0.869. The maximum absolute atomic E-state index is 11.5. The lowest BCUT2D eigenvalue weighted by Gasteiger charge is -2.27. The highest BCUT2D eigenvalue weighted by Crippen LogP contribution is 2.11. The van der Waals surface area contributed by atoms with E-state index in [-0.39, 0.29) is 6.61 Å². The molecule has 1 aliphatic rings. The van der Waals surface area contributed by atoms with Gasteiger partial charge in [0.2, 0.25) is 0 Å². The summed E-state index contributed by atoms with van der Waals surface area (Å²) in [6.45, 7) is 5.57. The average Bonchev–Trinajstić information content (AvgIpc) is 2.18. The van der Waals surface area contributed by atoms with E-state index in [1.165, 1.54) is 6.26 Å². The van der Waals surface area contributed by atoms with Crippen LogP contribution in [0.15, 0.2) is 17.5 Å². The molecular weight excluding hydrogens is 224 g/mol. The Morgan fingerprint density at radius 1 is 1.65 bits per heavy atom. The number of ether oxygens (including phenoxy) is 2. The van der Waals surface area contributed by atoms with Gasteiger partial charge in [-0.05, 0) is 32.4 Å². The summed E-state index contributed by atoms with van der Waals surface area (Å²) in [5.41, 5.74) is 7.83. The molecule has 0 saturated heterocycles. The Kier molecular flexibility index (Phi) is 4.23. The van der Waals surface area contributed by atoms with Crippen molar-refractivity contribution in [1.29, 1.82) is 0 Å². The lowest BCUT2D eigenvalue weighted by Crippen LogP contribution is -2.47. The molecule has 0 fully saturated rings. The molecule has 0 aromatic carbocycles. The van der Waals surface area contributed by atoms with Crippen LogP contribution in [0.1, 0.15) is 20.8 Å². The monoisotopic (exact) mass is 240 g/mol. The Bertz CT molecular complexity index is 355. The molecule has 0 aromatic heterocycles. The molecule has 17 heavy (non-hydrogen) atoms. The largest absolute Gasteiger partial charge is 0.499 e. The molecule has 7 heteroatoms. The molecule has 0 bridgehead atoms. The zero-order chi connectivity index (χ0) is 12.9. The van der Waals surface area contributed by atoms with Gasteiger partial charge in [0.1, 0.15) is 12.2 Å². The Labute approximate surface area is 99.4 Å². The van der Waals surface area contributed by atoms with Crippen molar-refractivity contribution < 1.29 is 14.3 Å². The van der Waals surface area contributed by atoms with Crippen molar-refractivity contribution in [3.05, 3.63) is 22.8 Å². The smallest absolute Gasteiger partial charge is 0.408 e. The van der Waals surface area contributed by atoms with Crippen molar-refractivity contribution in [3.63, 3.8) is 0 Å². The summed E-state index contributed by atoms with van der Waals surface area (Å²) < 4.78 is 10.2. The van der Waals surface area contributed by atoms with Crippen LogP contribution in [-0.2, 0) is 9.47 Å². The lowest BCUT2D eigenvalue weighted by atomic mass is 10.1. The SMILES string of the molecule is CC(C)(C)OC(=O)NC1COC=CC1N=[N+]=[N-]. The topological polar surface area (TPSA) is 96.3 Å². The number of amides is 1. The van der Waals surface area contributed by atoms with Crippen molar-refractivity contribution in [2.45, 2.75) is 38.5 Å². The first-order chi connectivity index (χ1) is 7.92. The molecule has 2 unspecified atom stereocenters. The first kappa shape index (κ1) is 13.2. The van der Waals surface area contributed by atoms with Crippen molar-refractivity contribution in [3.8, 4) is 0 Å². The van der Waals surface area contributed by atoms with Crippen LogP contribution in [0.3, 0.4) is 0 Å². The predicted molar refractivity (Wildman–Crippen MR) is 61.2 cm³/mol. The normalized spacial score (nSPS) is 23.2. The molecule has 7 nitrogen and oxygen atoms in total. The Morgan fingerprint density at radius 3 is 2.94 bits per heavy atom. The summed E-state index contributed by atoms with van der Waals surface area (Å²) in [5.74, 6) is 0. The van der Waals surface area contributed by atoms with E-state index in [1.807, 2.05) is 0 Å². The van der Waals surface area contributed by atoms with Gasteiger partial charge in [-0.3, -0.25) is 0 Å². The fourth-order valence-corrected chi connectivity index (χ4v) is 1.29. The fraction of sp³-hybridized carbons (Fsp3) is 0.700. The third-order valence-corrected chi connectivity index (χ3v) is 1.95. The highest BCUT2D eigenvalue weighted by Gasteiger charge is 2.26. The minimum Gasteiger partial charge on any atom is -0.499 e. The van der Waals surface area contributed by atoms with Crippen LogP contribution >= 0.6 is 0 Å². The second kappa shape index (κ2) is 5.45. The minimum absolute atomic E-state index is 0.249. The first-order valence-corrected chi connectivity index (χ1v) is 5.24. The van der Waals surface area contributed by atoms with Gasteiger partial charge in [0, 0.05) is 4.91 Å². The maximum atomic E-state index is 11.5. The zero-order valence-corrected chi connectivity index (χ0v) is 10.1. The first-order valence-electron chi connectivity index (χ1n) is 5.24. The number of rotatable bonds is 2. The van der Waals surface area contributed by atoms with Gasteiger partial charge >= 0.3 is 6.09 Å². The predicted octanol–water partition coefficient (Wildman–Crippen LogP) is 2.10. The fourth-order valence-electron chi connectivity index (χ4n) is 1.29. The molecular formula is C10H16N4O3. The lowest BCUT2D eigenvalue weighted by molar-refractivity contribution is 0.0465. The van der Waals surface area contributed by atoms with Crippen molar-refractivity contribution in [2.24, 2.45) is 5.11 Å². The molecule has 0 aliphatic carbocycles. The summed E-state index contributed by atoms with van der Waals surface area (Å²) in [4.78, 5) is 14.2. The van der Waals surface area contributed by atoms with Crippen LogP contribution in [0.4, 0.5) is 4.79 Å². The van der Waals surface area contributed by atoms with Gasteiger partial charge in [0.05, 0.1) is 18.3 Å². The van der Waals surface area contributed by atoms with E-state index in [2.05, 4.69) is 15.3 Å². The van der Waals surface area contributed by atoms with E-state index < -0.39 is 23.8 Å². The standard InChI is InChI=1S/C10H16N4O3/c1-10(2,3)17-9(15)12-8-6-16-5-4-7(8)13-14-11/h4-5,7-8H,6H2,1-3H3,(H,12,15). The third kappa shape index (κ3) is 4.65. The van der Waals surface area contributed by atoms with Crippen LogP contribution in [0.5, 0.6) is 0 Å². The number of hydrogen-bond acceptors (Lipinski definition) is 4. The number of alkyl carbamates (subject to hydrolysis) is 1. The van der Waals surface area contributed by atoms with Gasteiger partial charge in [-0.1, -0.05) is 5.11 Å². The molecule has 1 N–H and O–H groups in total. The molecule has 2 atom stereocenters. The van der Waals surface area contributed by atoms with E-state index in [9.17, 15) is 4.79 Å². The van der Waals surface area contributed by atoms with E-state index >= 15 is 0 Å². The molecule has 0 spiro atoms. The van der Waals surface area contributed by atoms with E-state index in [0.717, 1.165) is 0 Å². The number of nitrogens with zero attached hydrogens (tertiary/aromatic N) is 3. The van der Waals surface area contributed by atoms with Crippen molar-refractivity contribution >= 4 is 6.09 Å². The number of carbonyl (C=O) groups excluding carboxylic acids is 1. The highest BCUT2D eigenvalue weighted by molar-refractivity contribution is 5.68. The molecule has 1 amide bonds. The van der Waals surface area contributed by atoms with Crippen molar-refractivity contribution in [2.75, 3.05) is 6.61 Å². The molecule has 0 aromatic rings. The zero-order valence-electron chi connectivity index (χ0n) is 10.1. The second-order valence-corrected chi connectivity index (χ2v) is 4.61. The molecule has 0 radical (unpaired) electrons. The summed E-state index contributed by atoms with van der Waals surface area (Å²) in [5, 5.41) is 6.17. The molecule has 1 rings (SSSR count). The molecule has 94 valence electrons. The number of hydrogen-bond donors (Lipinski definition) is 1. The Hall–Kier alpha value is -1.88. The van der Waals surface area contributed by atoms with Crippen molar-refractivity contribution in [1.82, 2.24) is 5.32 Å².